The van der Waals surface area contributed by atoms with Crippen molar-refractivity contribution in [1.82, 2.24) is 4.90 Å². The number of benzene rings is 2. The highest BCUT2D eigenvalue weighted by molar-refractivity contribution is 7.98. The summed E-state index contributed by atoms with van der Waals surface area (Å²) in [7, 11) is 1.56. The maximum absolute atomic E-state index is 12.2. The Morgan fingerprint density at radius 1 is 1.12 bits per heavy atom. The summed E-state index contributed by atoms with van der Waals surface area (Å²) < 4.78 is 0. The molecule has 2 aromatic rings. The first-order valence-electron chi connectivity index (χ1n) is 7.72. The summed E-state index contributed by atoms with van der Waals surface area (Å²) in [4.78, 5) is 26.7. The van der Waals surface area contributed by atoms with Crippen LogP contribution in [0, 0.1) is 0 Å². The van der Waals surface area contributed by atoms with Crippen LogP contribution in [-0.4, -0.2) is 36.6 Å². The quantitative estimate of drug-likeness (QED) is 0.550. The van der Waals surface area contributed by atoms with Crippen molar-refractivity contribution in [2.45, 2.75) is 4.90 Å². The Labute approximate surface area is 167 Å². The maximum atomic E-state index is 12.2. The molecule has 1 N–H and O–H groups in total. The fourth-order valence-corrected chi connectivity index (χ4v) is 3.26. The number of para-hydroxylation sites is 1. The van der Waals surface area contributed by atoms with Crippen LogP contribution in [0.2, 0.25) is 10.0 Å². The van der Waals surface area contributed by atoms with Gasteiger partial charge in [0.25, 0.3) is 0 Å². The molecule has 2 rings (SSSR count). The zero-order valence-corrected chi connectivity index (χ0v) is 16.7. The predicted octanol–water partition coefficient (Wildman–Crippen LogP) is 4.83. The van der Waals surface area contributed by atoms with E-state index in [4.69, 9.17) is 23.2 Å². The fraction of sp³-hybridized carbons (Fsp3) is 0.158. The number of nitrogens with one attached hydrogen (secondary N) is 1. The molecule has 0 spiro atoms. The molecule has 4 nitrogen and oxygen atoms in total. The minimum atomic E-state index is -0.325. The third-order valence-corrected chi connectivity index (χ3v) is 4.99. The van der Waals surface area contributed by atoms with Crippen molar-refractivity contribution in [2.75, 3.05) is 25.2 Å². The third kappa shape index (κ3) is 5.53. The summed E-state index contributed by atoms with van der Waals surface area (Å²) in [6.45, 7) is -0.0673. The number of carbonyl (C=O) groups is 2. The molecule has 26 heavy (non-hydrogen) atoms. The lowest BCUT2D eigenvalue weighted by atomic mass is 10.2. The van der Waals surface area contributed by atoms with Gasteiger partial charge in [0.2, 0.25) is 11.8 Å². The first-order valence-corrected chi connectivity index (χ1v) is 9.70. The normalized spacial score (nSPS) is 10.8. The summed E-state index contributed by atoms with van der Waals surface area (Å²) in [5.41, 5.74) is 1.29. The lowest BCUT2D eigenvalue weighted by Gasteiger charge is -2.16. The van der Waals surface area contributed by atoms with Gasteiger partial charge in [-0.2, -0.15) is 0 Å². The molecule has 0 aliphatic carbocycles. The van der Waals surface area contributed by atoms with Crippen molar-refractivity contribution in [1.29, 1.82) is 0 Å². The van der Waals surface area contributed by atoms with Gasteiger partial charge in [0, 0.05) is 33.6 Å². The van der Waals surface area contributed by atoms with Crippen LogP contribution in [0.3, 0.4) is 0 Å². The van der Waals surface area contributed by atoms with Crippen LogP contribution >= 0.6 is 35.0 Å². The van der Waals surface area contributed by atoms with E-state index in [9.17, 15) is 9.59 Å². The lowest BCUT2D eigenvalue weighted by molar-refractivity contribution is -0.129. The highest BCUT2D eigenvalue weighted by atomic mass is 35.5. The van der Waals surface area contributed by atoms with E-state index in [2.05, 4.69) is 5.32 Å². The van der Waals surface area contributed by atoms with E-state index in [1.165, 1.54) is 22.7 Å². The van der Waals surface area contributed by atoms with Gasteiger partial charge < -0.3 is 10.2 Å². The number of amides is 2. The Balaban J connectivity index is 1.98. The van der Waals surface area contributed by atoms with Gasteiger partial charge in [-0.1, -0.05) is 41.4 Å². The van der Waals surface area contributed by atoms with Gasteiger partial charge in [0.1, 0.15) is 0 Å². The molecular weight excluding hydrogens is 391 g/mol. The first kappa shape index (κ1) is 20.4. The molecule has 136 valence electrons. The van der Waals surface area contributed by atoms with Crippen LogP contribution in [0.5, 0.6) is 0 Å². The topological polar surface area (TPSA) is 49.4 Å². The number of thioether (sulfide) groups is 1. The van der Waals surface area contributed by atoms with Gasteiger partial charge in [-0.05, 0) is 36.6 Å². The molecule has 0 bridgehead atoms. The summed E-state index contributed by atoms with van der Waals surface area (Å²) in [6.07, 6.45) is 4.83. The summed E-state index contributed by atoms with van der Waals surface area (Å²) >= 11 is 13.7. The number of likely N-dealkylation sites (N-methyl/N-ethyl adjacent to an activating group) is 1. The number of hydrogen-bond acceptors (Lipinski definition) is 3. The van der Waals surface area contributed by atoms with E-state index in [1.54, 1.807) is 31.3 Å². The SMILES string of the molecule is CSc1ccccc1NC(=O)CN(C)C(=O)/C=C/c1c(Cl)cccc1Cl. The fourth-order valence-electron chi connectivity index (χ4n) is 2.18. The smallest absolute Gasteiger partial charge is 0.246 e. The van der Waals surface area contributed by atoms with Gasteiger partial charge in [-0.15, -0.1) is 11.8 Å². The highest BCUT2D eigenvalue weighted by Gasteiger charge is 2.12. The second-order valence-electron chi connectivity index (χ2n) is 5.41. The van der Waals surface area contributed by atoms with Gasteiger partial charge in [0.05, 0.1) is 12.2 Å². The molecule has 2 aromatic carbocycles. The second kappa shape index (κ2) is 9.67. The van der Waals surface area contributed by atoms with Crippen molar-refractivity contribution in [3.63, 3.8) is 0 Å². The standard InChI is InChI=1S/C19H18Cl2N2O2S/c1-23(12-18(24)22-16-8-3-4-9-17(16)26-2)19(25)11-10-13-14(20)6-5-7-15(13)21/h3-11H,12H2,1-2H3,(H,22,24)/b11-10+. The molecule has 0 unspecified atom stereocenters. The molecule has 0 saturated carbocycles. The van der Waals surface area contributed by atoms with Gasteiger partial charge in [-0.25, -0.2) is 0 Å². The van der Waals surface area contributed by atoms with Crippen LogP contribution in [0.15, 0.2) is 53.4 Å². The molecule has 0 aliphatic heterocycles. The molecule has 0 radical (unpaired) electrons. The zero-order chi connectivity index (χ0) is 19.1. The van der Waals surface area contributed by atoms with Crippen LogP contribution in [0.25, 0.3) is 6.08 Å². The Morgan fingerprint density at radius 3 is 2.42 bits per heavy atom. The van der Waals surface area contributed by atoms with Crippen molar-refractivity contribution in [3.05, 3.63) is 64.1 Å². The van der Waals surface area contributed by atoms with Crippen LogP contribution < -0.4 is 5.32 Å². The molecule has 0 fully saturated rings. The van der Waals surface area contributed by atoms with E-state index >= 15 is 0 Å². The Hall–Kier alpha value is -1.95. The number of rotatable bonds is 6. The number of anilines is 1. The number of halogens is 2. The van der Waals surface area contributed by atoms with Gasteiger partial charge in [0.15, 0.2) is 0 Å². The van der Waals surface area contributed by atoms with Gasteiger partial charge in [-0.3, -0.25) is 9.59 Å². The van der Waals surface area contributed by atoms with Crippen molar-refractivity contribution >= 4 is 58.5 Å². The first-order chi connectivity index (χ1) is 12.4. The minimum Gasteiger partial charge on any atom is -0.333 e. The van der Waals surface area contributed by atoms with Crippen LogP contribution in [-0.2, 0) is 9.59 Å². The number of carbonyl (C=O) groups excluding carboxylic acids is 2. The van der Waals surface area contributed by atoms with Crippen molar-refractivity contribution < 1.29 is 9.59 Å². The Bertz CT molecular complexity index is 820. The summed E-state index contributed by atoms with van der Waals surface area (Å²) in [5, 5.41) is 3.73. The maximum Gasteiger partial charge on any atom is 0.246 e. The monoisotopic (exact) mass is 408 g/mol. The summed E-state index contributed by atoms with van der Waals surface area (Å²) in [6, 6.07) is 12.6. The van der Waals surface area contributed by atoms with Gasteiger partial charge >= 0.3 is 0 Å². The molecule has 0 atom stereocenters. The van der Waals surface area contributed by atoms with Crippen molar-refractivity contribution in [2.24, 2.45) is 0 Å². The van der Waals surface area contributed by atoms with E-state index < -0.39 is 0 Å². The lowest BCUT2D eigenvalue weighted by Crippen LogP contribution is -2.33. The molecule has 0 saturated heterocycles. The highest BCUT2D eigenvalue weighted by Crippen LogP contribution is 2.26. The van der Waals surface area contributed by atoms with E-state index in [0.29, 0.717) is 15.6 Å². The zero-order valence-electron chi connectivity index (χ0n) is 14.3. The molecule has 0 heterocycles. The Kier molecular flexibility index (Phi) is 7.57. The van der Waals surface area contributed by atoms with E-state index in [-0.39, 0.29) is 18.4 Å². The molecule has 0 aliphatic rings. The Morgan fingerprint density at radius 2 is 1.77 bits per heavy atom. The van der Waals surface area contributed by atoms with Crippen LogP contribution in [0.1, 0.15) is 5.56 Å². The van der Waals surface area contributed by atoms with Crippen molar-refractivity contribution in [3.8, 4) is 0 Å². The molecule has 0 aromatic heterocycles. The number of nitrogens with zero attached hydrogens (tertiary/aromatic N) is 1. The van der Waals surface area contributed by atoms with E-state index in [0.717, 1.165) is 10.6 Å². The number of hydrogen-bond donors (Lipinski definition) is 1. The minimum absolute atomic E-state index is 0.0673. The average molecular weight is 409 g/mol. The third-order valence-electron chi connectivity index (χ3n) is 3.53. The average Bonchev–Trinajstić information content (AvgIpc) is 2.61. The molecular formula is C19H18Cl2N2O2S. The second-order valence-corrected chi connectivity index (χ2v) is 7.07. The molecule has 2 amide bonds. The molecule has 7 heteroatoms. The largest absolute Gasteiger partial charge is 0.333 e. The summed E-state index contributed by atoms with van der Waals surface area (Å²) in [5.74, 6) is -0.596. The van der Waals surface area contributed by atoms with E-state index in [1.807, 2.05) is 30.5 Å². The predicted molar refractivity (Wildman–Crippen MR) is 110 cm³/mol. The van der Waals surface area contributed by atoms with Crippen LogP contribution in [0.4, 0.5) is 5.69 Å².